The van der Waals surface area contributed by atoms with E-state index in [0.29, 0.717) is 25.7 Å². The predicted molar refractivity (Wildman–Crippen MR) is 108 cm³/mol. The molecule has 179 valence electrons. The lowest BCUT2D eigenvalue weighted by Crippen LogP contribution is -2.46. The van der Waals surface area contributed by atoms with E-state index in [-0.39, 0.29) is 12.8 Å². The first-order valence-electron chi connectivity index (χ1n) is 10.4. The van der Waals surface area contributed by atoms with Crippen LogP contribution in [0.15, 0.2) is 0 Å². The normalized spacial score (nSPS) is 17.2. The summed E-state index contributed by atoms with van der Waals surface area (Å²) >= 11 is 0. The van der Waals surface area contributed by atoms with Crippen molar-refractivity contribution in [1.29, 1.82) is 0 Å². The number of nitro groups is 3. The molecule has 13 heteroatoms. The molecule has 0 aliphatic carbocycles. The molecule has 0 aromatic rings. The number of hydrogen-bond donors (Lipinski definition) is 3. The Kier molecular flexibility index (Phi) is 14.4. The maximum Gasteiger partial charge on any atom is 0.245 e. The summed E-state index contributed by atoms with van der Waals surface area (Å²) in [7, 11) is 0. The Balaban J connectivity index is 4.97. The maximum absolute atomic E-state index is 11.4. The van der Waals surface area contributed by atoms with Gasteiger partial charge in [0.1, 0.15) is 18.3 Å². The monoisotopic (exact) mass is 450 g/mol. The SMILES string of the molecule is CCC(O)C(CC(O)C(CC(C(O)CCCCCCC[C]=O)[N+](=O)[O-])[N+](=O)[O-])[N+](=O)[O-]. The quantitative estimate of drug-likeness (QED) is 0.145. The smallest absolute Gasteiger partial charge is 0.245 e. The van der Waals surface area contributed by atoms with Gasteiger partial charge in [-0.25, -0.2) is 0 Å². The van der Waals surface area contributed by atoms with Crippen LogP contribution in [0.3, 0.4) is 0 Å². The van der Waals surface area contributed by atoms with Crippen LogP contribution < -0.4 is 0 Å². The Morgan fingerprint density at radius 2 is 1.16 bits per heavy atom. The minimum atomic E-state index is -1.91. The molecule has 6 atom stereocenters. The number of unbranched alkanes of at least 4 members (excludes halogenated alkanes) is 5. The van der Waals surface area contributed by atoms with Crippen molar-refractivity contribution in [3.63, 3.8) is 0 Å². The molecule has 3 N–H and O–H groups in total. The molecule has 13 nitrogen and oxygen atoms in total. The molecule has 0 aliphatic rings. The fraction of sp³-hybridized carbons (Fsp3) is 0.944. The Morgan fingerprint density at radius 3 is 1.65 bits per heavy atom. The standard InChI is InChI=1S/C18H32N3O10/c1-2-16(23)15(21(30)31)12-18(25)14(20(28)29)11-13(19(26)27)17(24)9-7-5-3-4-6-8-10-22/h13-18,23-25H,2-9,11-12H2,1H3. The van der Waals surface area contributed by atoms with E-state index in [4.69, 9.17) is 0 Å². The Bertz CT molecular complexity index is 577. The molecule has 6 unspecified atom stereocenters. The molecule has 1 radical (unpaired) electrons. The van der Waals surface area contributed by atoms with E-state index in [1.165, 1.54) is 6.92 Å². The van der Waals surface area contributed by atoms with Crippen molar-refractivity contribution in [3.05, 3.63) is 30.3 Å². The first kappa shape index (κ1) is 28.8. The molecule has 0 amide bonds. The molecule has 0 heterocycles. The van der Waals surface area contributed by atoms with E-state index < -0.39 is 64.0 Å². The van der Waals surface area contributed by atoms with E-state index in [2.05, 4.69) is 0 Å². The highest BCUT2D eigenvalue weighted by Crippen LogP contribution is 2.21. The summed E-state index contributed by atoms with van der Waals surface area (Å²) in [6.45, 7) is 1.47. The lowest BCUT2D eigenvalue weighted by atomic mass is 9.92. The molecule has 0 aromatic heterocycles. The molecule has 0 saturated carbocycles. The summed E-state index contributed by atoms with van der Waals surface area (Å²) < 4.78 is 0. The minimum Gasteiger partial charge on any atom is -0.386 e. The summed E-state index contributed by atoms with van der Waals surface area (Å²) in [6.07, 6.45) is -0.925. The maximum atomic E-state index is 11.4. The average Bonchev–Trinajstić information content (AvgIpc) is 2.70. The lowest BCUT2D eigenvalue weighted by molar-refractivity contribution is -0.578. The molecular weight excluding hydrogens is 418 g/mol. The Hall–Kier alpha value is -2.25. The third kappa shape index (κ3) is 11.1. The van der Waals surface area contributed by atoms with Gasteiger partial charge in [0.25, 0.3) is 0 Å². The molecule has 31 heavy (non-hydrogen) atoms. The Labute approximate surface area is 179 Å². The van der Waals surface area contributed by atoms with E-state index in [1.807, 2.05) is 0 Å². The highest BCUT2D eigenvalue weighted by Gasteiger charge is 2.44. The molecule has 0 fully saturated rings. The number of aliphatic hydroxyl groups is 3. The Morgan fingerprint density at radius 1 is 0.710 bits per heavy atom. The fourth-order valence-corrected chi connectivity index (χ4v) is 3.35. The average molecular weight is 450 g/mol. The van der Waals surface area contributed by atoms with Crippen LogP contribution in [0.1, 0.15) is 71.1 Å². The van der Waals surface area contributed by atoms with E-state index in [1.54, 1.807) is 6.29 Å². The van der Waals surface area contributed by atoms with Crippen LogP contribution in [0, 0.1) is 30.3 Å². The van der Waals surface area contributed by atoms with Gasteiger partial charge in [0.15, 0.2) is 6.29 Å². The third-order valence-electron chi connectivity index (χ3n) is 5.31. The van der Waals surface area contributed by atoms with Crippen molar-refractivity contribution in [1.82, 2.24) is 0 Å². The molecular formula is C18H32N3O10. The molecule has 0 spiro atoms. The van der Waals surface area contributed by atoms with E-state index >= 15 is 0 Å². The van der Waals surface area contributed by atoms with Crippen molar-refractivity contribution < 1.29 is 34.9 Å². The summed E-state index contributed by atoms with van der Waals surface area (Å²) in [5, 5.41) is 63.9. The molecule has 0 aliphatic heterocycles. The largest absolute Gasteiger partial charge is 0.386 e. The van der Waals surface area contributed by atoms with Crippen LogP contribution in [0.2, 0.25) is 0 Å². The fourth-order valence-electron chi connectivity index (χ4n) is 3.35. The zero-order valence-corrected chi connectivity index (χ0v) is 17.6. The molecule has 0 rings (SSSR count). The molecule has 0 saturated heterocycles. The number of hydrogen-bond acceptors (Lipinski definition) is 10. The van der Waals surface area contributed by atoms with Gasteiger partial charge in [-0.2, -0.15) is 0 Å². The highest BCUT2D eigenvalue weighted by atomic mass is 16.6. The van der Waals surface area contributed by atoms with Crippen LogP contribution in [0.5, 0.6) is 0 Å². The van der Waals surface area contributed by atoms with E-state index in [0.717, 1.165) is 12.8 Å². The summed E-state index contributed by atoms with van der Waals surface area (Å²) in [6, 6.07) is -5.28. The van der Waals surface area contributed by atoms with Gasteiger partial charge in [-0.3, -0.25) is 35.1 Å². The highest BCUT2D eigenvalue weighted by molar-refractivity contribution is 5.50. The number of rotatable bonds is 19. The van der Waals surface area contributed by atoms with Crippen molar-refractivity contribution in [2.24, 2.45) is 0 Å². The first-order valence-corrected chi connectivity index (χ1v) is 10.4. The second-order valence-corrected chi connectivity index (χ2v) is 7.59. The van der Waals surface area contributed by atoms with Gasteiger partial charge in [-0.15, -0.1) is 0 Å². The summed E-state index contributed by atoms with van der Waals surface area (Å²) in [4.78, 5) is 41.3. The second kappa shape index (κ2) is 15.5. The number of carbonyl (C=O) groups excluding carboxylic acids is 1. The zero-order valence-electron chi connectivity index (χ0n) is 17.6. The van der Waals surface area contributed by atoms with Crippen LogP contribution in [0.4, 0.5) is 0 Å². The van der Waals surface area contributed by atoms with Gasteiger partial charge in [-0.1, -0.05) is 32.6 Å². The summed E-state index contributed by atoms with van der Waals surface area (Å²) in [5.41, 5.74) is 0. The van der Waals surface area contributed by atoms with Crippen molar-refractivity contribution >= 4 is 6.29 Å². The van der Waals surface area contributed by atoms with E-state index in [9.17, 15) is 50.5 Å². The number of nitrogens with zero attached hydrogens (tertiary/aromatic N) is 3. The van der Waals surface area contributed by atoms with Gasteiger partial charge >= 0.3 is 0 Å². The van der Waals surface area contributed by atoms with Crippen molar-refractivity contribution in [3.8, 4) is 0 Å². The van der Waals surface area contributed by atoms with Gasteiger partial charge in [0.2, 0.25) is 18.1 Å². The summed E-state index contributed by atoms with van der Waals surface area (Å²) in [5.74, 6) is 0. The van der Waals surface area contributed by atoms with Crippen LogP contribution >= 0.6 is 0 Å². The number of aliphatic hydroxyl groups excluding tert-OH is 3. The van der Waals surface area contributed by atoms with Crippen LogP contribution in [-0.2, 0) is 4.79 Å². The molecule has 0 bridgehead atoms. The van der Waals surface area contributed by atoms with Crippen molar-refractivity contribution in [2.45, 2.75) is 108 Å². The minimum absolute atomic E-state index is 0.00879. The van der Waals surface area contributed by atoms with Crippen LogP contribution in [0.25, 0.3) is 0 Å². The second-order valence-electron chi connectivity index (χ2n) is 7.59. The predicted octanol–water partition coefficient (Wildman–Crippen LogP) is 1.04. The van der Waals surface area contributed by atoms with Crippen molar-refractivity contribution in [2.75, 3.05) is 0 Å². The van der Waals surface area contributed by atoms with Gasteiger partial charge < -0.3 is 15.3 Å². The topological polar surface area (TPSA) is 207 Å². The van der Waals surface area contributed by atoms with Crippen LogP contribution in [-0.4, -0.2) is 72.8 Å². The lowest BCUT2D eigenvalue weighted by Gasteiger charge is -2.22. The first-order chi connectivity index (χ1) is 14.6. The van der Waals surface area contributed by atoms with Gasteiger partial charge in [-0.05, 0) is 19.3 Å². The zero-order chi connectivity index (χ0) is 24.0. The molecule has 0 aromatic carbocycles. The van der Waals surface area contributed by atoms with Gasteiger partial charge in [0, 0.05) is 21.2 Å². The van der Waals surface area contributed by atoms with Gasteiger partial charge in [0.05, 0.1) is 12.8 Å². The third-order valence-corrected chi connectivity index (χ3v) is 5.31.